The van der Waals surface area contributed by atoms with Gasteiger partial charge in [0.25, 0.3) is 20.1 Å². The van der Waals surface area contributed by atoms with Gasteiger partial charge in [-0.15, -0.1) is 4.40 Å². The first-order valence-corrected chi connectivity index (χ1v) is 12.1. The number of rotatable bonds is 6. The Labute approximate surface area is 168 Å². The van der Waals surface area contributed by atoms with Crippen LogP contribution >= 0.6 is 11.8 Å². The highest BCUT2D eigenvalue weighted by Gasteiger charge is 2.27. The molecule has 1 heterocycles. The van der Waals surface area contributed by atoms with Gasteiger partial charge in [0, 0.05) is 11.4 Å². The van der Waals surface area contributed by atoms with Crippen LogP contribution in [0.5, 0.6) is 0 Å². The van der Waals surface area contributed by atoms with Gasteiger partial charge in [-0.2, -0.15) is 16.8 Å². The van der Waals surface area contributed by atoms with Gasteiger partial charge in [0.2, 0.25) is 5.95 Å². The zero-order valence-electron chi connectivity index (χ0n) is 15.7. The molecule has 0 fully saturated rings. The third-order valence-corrected chi connectivity index (χ3v) is 6.87. The molecule has 28 heavy (non-hydrogen) atoms. The van der Waals surface area contributed by atoms with E-state index < -0.39 is 29.9 Å². The highest BCUT2D eigenvalue weighted by atomic mass is 32.2. The summed E-state index contributed by atoms with van der Waals surface area (Å²) in [6.07, 6.45) is 1.62. The first kappa shape index (κ1) is 22.3. The average molecular weight is 445 g/mol. The van der Waals surface area contributed by atoms with Crippen molar-refractivity contribution in [3.8, 4) is 0 Å². The molecule has 1 aromatic carbocycles. The van der Waals surface area contributed by atoms with Crippen molar-refractivity contribution in [1.82, 2.24) is 9.97 Å². The maximum absolute atomic E-state index is 12.8. The van der Waals surface area contributed by atoms with Crippen molar-refractivity contribution in [2.75, 3.05) is 18.2 Å². The van der Waals surface area contributed by atoms with Crippen molar-refractivity contribution in [1.29, 1.82) is 0 Å². The molecule has 0 radical (unpaired) electrons. The second-order valence-corrected chi connectivity index (χ2v) is 9.43. The fourth-order valence-corrected chi connectivity index (χ4v) is 5.58. The van der Waals surface area contributed by atoms with E-state index in [-0.39, 0.29) is 17.7 Å². The number of hydrogen-bond acceptors (Lipinski definition) is 8. The molecular formula is C16H20N4O5S3. The van der Waals surface area contributed by atoms with Gasteiger partial charge < -0.3 is 5.32 Å². The summed E-state index contributed by atoms with van der Waals surface area (Å²) in [6, 6.07) is 6.91. The normalized spacial score (nSPS) is 12.8. The predicted octanol–water partition coefficient (Wildman–Crippen LogP) is 2.34. The molecule has 152 valence electrons. The summed E-state index contributed by atoms with van der Waals surface area (Å²) in [5.74, 6) is 0.191. The van der Waals surface area contributed by atoms with Crippen molar-refractivity contribution < 1.29 is 21.0 Å². The Kier molecular flexibility index (Phi) is 7.15. The molecule has 1 N–H and O–H groups in total. The molecule has 0 aliphatic heterocycles. The van der Waals surface area contributed by atoms with Gasteiger partial charge in [0.15, 0.2) is 5.17 Å². The highest BCUT2D eigenvalue weighted by molar-refractivity contribution is 8.14. The van der Waals surface area contributed by atoms with E-state index in [1.165, 1.54) is 19.1 Å². The first-order valence-electron chi connectivity index (χ1n) is 8.06. The Balaban J connectivity index is 2.49. The highest BCUT2D eigenvalue weighted by Crippen LogP contribution is 2.25. The Bertz CT molecular complexity index is 1080. The first-order chi connectivity index (χ1) is 13.1. The summed E-state index contributed by atoms with van der Waals surface area (Å²) in [4.78, 5) is 7.41. The zero-order chi connectivity index (χ0) is 20.9. The molecule has 2 rings (SSSR count). The van der Waals surface area contributed by atoms with E-state index in [1.807, 2.05) is 0 Å². The lowest BCUT2D eigenvalue weighted by molar-refractivity contribution is 0.337. The van der Waals surface area contributed by atoms with Gasteiger partial charge in [0.05, 0.1) is 6.61 Å². The summed E-state index contributed by atoms with van der Waals surface area (Å²) < 4.78 is 58.5. The lowest BCUT2D eigenvalue weighted by Gasteiger charge is -2.10. The minimum absolute atomic E-state index is 0.00592. The summed E-state index contributed by atoms with van der Waals surface area (Å²) in [6.45, 7) is 4.93. The molecular weight excluding hydrogens is 424 g/mol. The zero-order valence-corrected chi connectivity index (χ0v) is 18.2. The number of sulfonamides is 1. The topological polar surface area (TPSA) is 128 Å². The van der Waals surface area contributed by atoms with Crippen LogP contribution < -0.4 is 5.32 Å². The number of nitrogens with one attached hydrogen (secondary N) is 1. The number of thioether (sulfide) groups is 1. The molecule has 1 aromatic heterocycles. The fourth-order valence-electron chi connectivity index (χ4n) is 2.24. The van der Waals surface area contributed by atoms with Crippen molar-refractivity contribution in [2.45, 2.75) is 30.6 Å². The van der Waals surface area contributed by atoms with E-state index >= 15 is 0 Å². The van der Waals surface area contributed by atoms with Gasteiger partial charge in [-0.1, -0.05) is 23.9 Å². The Hall–Kier alpha value is -2.02. The molecule has 0 unspecified atom stereocenters. The van der Waals surface area contributed by atoms with Gasteiger partial charge in [-0.3, -0.25) is 4.18 Å². The standard InChI is InChI=1S/C16H20N4O5S3/c1-5-25-28(23,24)14-9-7-6-8-13(14)27(21,22)20-16(26-4)19-15-17-11(2)10-12(3)18-15/h6-10H,5H2,1-4H3,(H,17,18,19,20). The number of hydrogen-bond donors (Lipinski definition) is 1. The number of benzene rings is 1. The van der Waals surface area contributed by atoms with Crippen LogP contribution in [0.4, 0.5) is 5.95 Å². The molecule has 0 atom stereocenters. The van der Waals surface area contributed by atoms with Crippen molar-refractivity contribution in [3.63, 3.8) is 0 Å². The summed E-state index contributed by atoms with van der Waals surface area (Å²) in [7, 11) is -8.59. The number of amidine groups is 1. The molecule has 0 bridgehead atoms. The van der Waals surface area contributed by atoms with E-state index in [0.717, 1.165) is 23.9 Å². The van der Waals surface area contributed by atoms with E-state index in [2.05, 4.69) is 19.7 Å². The Morgan fingerprint density at radius 3 is 2.21 bits per heavy atom. The van der Waals surface area contributed by atoms with Crippen LogP contribution in [0, 0.1) is 13.8 Å². The van der Waals surface area contributed by atoms with E-state index in [4.69, 9.17) is 4.18 Å². The van der Waals surface area contributed by atoms with Crippen molar-refractivity contribution >= 4 is 43.0 Å². The third kappa shape index (κ3) is 5.50. The molecule has 0 aliphatic rings. The molecule has 12 heteroatoms. The van der Waals surface area contributed by atoms with Crippen LogP contribution in [0.2, 0.25) is 0 Å². The lowest BCUT2D eigenvalue weighted by Crippen LogP contribution is -2.16. The SMILES string of the molecule is CCOS(=O)(=O)c1ccccc1S(=O)(=O)N=C(Nc1nc(C)cc(C)n1)SC. The molecule has 0 aliphatic carbocycles. The number of aromatic nitrogens is 2. The summed E-state index contributed by atoms with van der Waals surface area (Å²) in [5.41, 5.74) is 1.40. The van der Waals surface area contributed by atoms with Crippen molar-refractivity contribution in [2.24, 2.45) is 4.40 Å². The minimum atomic E-state index is -4.35. The Morgan fingerprint density at radius 1 is 1.11 bits per heavy atom. The van der Waals surface area contributed by atoms with Gasteiger partial charge >= 0.3 is 0 Å². The second kappa shape index (κ2) is 8.99. The van der Waals surface area contributed by atoms with Crippen LogP contribution in [-0.2, 0) is 24.3 Å². The molecule has 2 aromatic rings. The molecule has 0 saturated carbocycles. The molecule has 9 nitrogen and oxygen atoms in total. The summed E-state index contributed by atoms with van der Waals surface area (Å²) >= 11 is 1.02. The van der Waals surface area contributed by atoms with Gasteiger partial charge in [0.1, 0.15) is 9.79 Å². The number of aryl methyl sites for hydroxylation is 2. The second-order valence-electron chi connectivity index (χ2n) is 5.48. The average Bonchev–Trinajstić information content (AvgIpc) is 2.60. The maximum Gasteiger partial charge on any atom is 0.298 e. The van der Waals surface area contributed by atoms with Crippen LogP contribution in [-0.4, -0.2) is 44.8 Å². The van der Waals surface area contributed by atoms with E-state index in [1.54, 1.807) is 26.2 Å². The maximum atomic E-state index is 12.8. The smallest absolute Gasteiger partial charge is 0.298 e. The van der Waals surface area contributed by atoms with E-state index in [9.17, 15) is 16.8 Å². The molecule has 0 saturated heterocycles. The van der Waals surface area contributed by atoms with Crippen LogP contribution in [0.3, 0.4) is 0 Å². The lowest BCUT2D eigenvalue weighted by atomic mass is 10.4. The number of nitrogens with zero attached hydrogens (tertiary/aromatic N) is 3. The fraction of sp³-hybridized carbons (Fsp3) is 0.312. The quantitative estimate of drug-likeness (QED) is 0.405. The van der Waals surface area contributed by atoms with Crippen molar-refractivity contribution in [3.05, 3.63) is 41.7 Å². The minimum Gasteiger partial charge on any atom is -0.303 e. The summed E-state index contributed by atoms with van der Waals surface area (Å²) in [5, 5.41) is 2.74. The van der Waals surface area contributed by atoms with Crippen LogP contribution in [0.25, 0.3) is 0 Å². The van der Waals surface area contributed by atoms with E-state index in [0.29, 0.717) is 11.4 Å². The van der Waals surface area contributed by atoms with Crippen LogP contribution in [0.1, 0.15) is 18.3 Å². The third-order valence-electron chi connectivity index (χ3n) is 3.27. The van der Waals surface area contributed by atoms with Gasteiger partial charge in [-0.25, -0.2) is 9.97 Å². The monoisotopic (exact) mass is 444 g/mol. The Morgan fingerprint density at radius 2 is 1.68 bits per heavy atom. The predicted molar refractivity (Wildman–Crippen MR) is 109 cm³/mol. The van der Waals surface area contributed by atoms with Crippen LogP contribution in [0.15, 0.2) is 44.5 Å². The molecule has 0 amide bonds. The largest absolute Gasteiger partial charge is 0.303 e. The molecule has 0 spiro atoms. The number of anilines is 1. The van der Waals surface area contributed by atoms with Gasteiger partial charge in [-0.05, 0) is 45.2 Å².